The number of halogens is 1. The smallest absolute Gasteiger partial charge is 0.0435 e. The maximum Gasteiger partial charge on any atom is 0.0435 e. The van der Waals surface area contributed by atoms with E-state index < -0.39 is 0 Å². The predicted molar refractivity (Wildman–Crippen MR) is 67.5 cm³/mol. The van der Waals surface area contributed by atoms with Crippen molar-refractivity contribution in [3.05, 3.63) is 41.1 Å². The molecule has 1 atom stereocenters. The summed E-state index contributed by atoms with van der Waals surface area (Å²) in [5, 5.41) is 7.16. The molecule has 0 bridgehead atoms. The molecule has 1 aromatic carbocycles. The number of nitrogens with one attached hydrogen (secondary N) is 2. The summed E-state index contributed by atoms with van der Waals surface area (Å²) in [5.74, 6) is 0. The molecule has 1 rings (SSSR count). The van der Waals surface area contributed by atoms with Gasteiger partial charge in [-0.25, -0.2) is 0 Å². The second-order valence-electron chi connectivity index (χ2n) is 3.62. The Kier molecular flexibility index (Phi) is 4.18. The third kappa shape index (κ3) is 3.26. The van der Waals surface area contributed by atoms with Crippen LogP contribution in [0.3, 0.4) is 0 Å². The topological polar surface area (TPSA) is 24.1 Å². The monoisotopic (exact) mass is 224 g/mol. The Bertz CT molecular complexity index is 361. The van der Waals surface area contributed by atoms with Crippen LogP contribution in [0, 0.1) is 6.92 Å². The van der Waals surface area contributed by atoms with Gasteiger partial charge in [0.1, 0.15) is 0 Å². The minimum atomic E-state index is 0.236. The fraction of sp³-hybridized carbons (Fsp3) is 0.333. The molecule has 0 saturated carbocycles. The van der Waals surface area contributed by atoms with Crippen LogP contribution < -0.4 is 10.6 Å². The largest absolute Gasteiger partial charge is 0.358 e. The van der Waals surface area contributed by atoms with Crippen molar-refractivity contribution in [1.82, 2.24) is 5.32 Å². The first-order chi connectivity index (χ1) is 7.04. The van der Waals surface area contributed by atoms with Crippen LogP contribution in [0.15, 0.2) is 30.5 Å². The molecule has 0 aromatic heterocycles. The van der Waals surface area contributed by atoms with Gasteiger partial charge in [-0.2, -0.15) is 0 Å². The van der Waals surface area contributed by atoms with E-state index in [1.807, 2.05) is 32.2 Å². The number of hydrogen-bond acceptors (Lipinski definition) is 2. The van der Waals surface area contributed by atoms with E-state index in [9.17, 15) is 0 Å². The third-order valence-corrected chi connectivity index (χ3v) is 2.67. The molecule has 0 aliphatic rings. The molecule has 0 aliphatic heterocycles. The Labute approximate surface area is 96.3 Å². The maximum absolute atomic E-state index is 5.88. The van der Waals surface area contributed by atoms with Gasteiger partial charge in [0.25, 0.3) is 0 Å². The van der Waals surface area contributed by atoms with Crippen molar-refractivity contribution in [1.29, 1.82) is 0 Å². The quantitative estimate of drug-likeness (QED) is 0.821. The number of anilines is 1. The van der Waals surface area contributed by atoms with Crippen LogP contribution in [0.4, 0.5) is 5.69 Å². The molecule has 2 nitrogen and oxygen atoms in total. The summed E-state index contributed by atoms with van der Waals surface area (Å²) in [6, 6.07) is 6.00. The molecule has 1 unspecified atom stereocenters. The van der Waals surface area contributed by atoms with Gasteiger partial charge in [0.15, 0.2) is 0 Å². The average Bonchev–Trinajstić information content (AvgIpc) is 2.20. The average molecular weight is 225 g/mol. The summed E-state index contributed by atoms with van der Waals surface area (Å²) in [5.41, 5.74) is 3.11. The van der Waals surface area contributed by atoms with E-state index in [-0.39, 0.29) is 6.04 Å². The summed E-state index contributed by atoms with van der Waals surface area (Å²) in [4.78, 5) is 0. The SMILES string of the molecule is C=C(Nc1ccc(Cl)cc1C)C(C)NC. The van der Waals surface area contributed by atoms with Crippen molar-refractivity contribution in [3.8, 4) is 0 Å². The molecule has 0 radical (unpaired) electrons. The minimum absolute atomic E-state index is 0.236. The molecule has 0 saturated heterocycles. The molecule has 0 spiro atoms. The molecule has 0 heterocycles. The van der Waals surface area contributed by atoms with Gasteiger partial charge in [-0.15, -0.1) is 0 Å². The summed E-state index contributed by atoms with van der Waals surface area (Å²) >= 11 is 5.88. The first kappa shape index (κ1) is 12.1. The van der Waals surface area contributed by atoms with E-state index in [4.69, 9.17) is 11.6 Å². The third-order valence-electron chi connectivity index (χ3n) is 2.44. The van der Waals surface area contributed by atoms with Gasteiger partial charge in [0, 0.05) is 22.4 Å². The van der Waals surface area contributed by atoms with Crippen LogP contribution >= 0.6 is 11.6 Å². The lowest BCUT2D eigenvalue weighted by atomic mass is 10.2. The van der Waals surface area contributed by atoms with Crippen molar-refractivity contribution < 1.29 is 0 Å². The minimum Gasteiger partial charge on any atom is -0.358 e. The Morgan fingerprint density at radius 1 is 1.47 bits per heavy atom. The number of likely N-dealkylation sites (N-methyl/N-ethyl adjacent to an activating group) is 1. The van der Waals surface area contributed by atoms with Gasteiger partial charge < -0.3 is 10.6 Å². The Morgan fingerprint density at radius 2 is 2.13 bits per heavy atom. The lowest BCUT2D eigenvalue weighted by Gasteiger charge is -2.17. The van der Waals surface area contributed by atoms with Crippen LogP contribution in [-0.4, -0.2) is 13.1 Å². The van der Waals surface area contributed by atoms with Gasteiger partial charge in [0.05, 0.1) is 0 Å². The van der Waals surface area contributed by atoms with E-state index in [0.717, 1.165) is 22.0 Å². The first-order valence-electron chi connectivity index (χ1n) is 4.94. The fourth-order valence-corrected chi connectivity index (χ4v) is 1.45. The highest BCUT2D eigenvalue weighted by Crippen LogP contribution is 2.21. The molecule has 1 aromatic rings. The second-order valence-corrected chi connectivity index (χ2v) is 4.06. The van der Waals surface area contributed by atoms with Crippen molar-refractivity contribution in [3.63, 3.8) is 0 Å². The molecule has 3 heteroatoms. The van der Waals surface area contributed by atoms with Crippen molar-refractivity contribution in [2.75, 3.05) is 12.4 Å². The van der Waals surface area contributed by atoms with E-state index in [1.54, 1.807) is 0 Å². The van der Waals surface area contributed by atoms with Gasteiger partial charge in [-0.05, 0) is 44.7 Å². The number of benzene rings is 1. The molecule has 0 amide bonds. The first-order valence-corrected chi connectivity index (χ1v) is 5.31. The highest BCUT2D eigenvalue weighted by molar-refractivity contribution is 6.30. The molecule has 15 heavy (non-hydrogen) atoms. The van der Waals surface area contributed by atoms with Crippen molar-refractivity contribution >= 4 is 17.3 Å². The zero-order valence-electron chi connectivity index (χ0n) is 9.39. The van der Waals surface area contributed by atoms with E-state index in [1.165, 1.54) is 0 Å². The van der Waals surface area contributed by atoms with Crippen LogP contribution in [-0.2, 0) is 0 Å². The zero-order chi connectivity index (χ0) is 11.4. The Hall–Kier alpha value is -0.990. The van der Waals surface area contributed by atoms with Crippen LogP contribution in [0.2, 0.25) is 5.02 Å². The molecule has 0 aliphatic carbocycles. The van der Waals surface area contributed by atoms with Crippen molar-refractivity contribution in [2.45, 2.75) is 19.9 Å². The zero-order valence-corrected chi connectivity index (χ0v) is 10.2. The lowest BCUT2D eigenvalue weighted by Crippen LogP contribution is -2.26. The van der Waals surface area contributed by atoms with Crippen LogP contribution in [0.25, 0.3) is 0 Å². The van der Waals surface area contributed by atoms with Crippen LogP contribution in [0.5, 0.6) is 0 Å². The molecule has 2 N–H and O–H groups in total. The number of hydrogen-bond donors (Lipinski definition) is 2. The highest BCUT2D eigenvalue weighted by Gasteiger charge is 2.05. The van der Waals surface area contributed by atoms with Gasteiger partial charge in [0.2, 0.25) is 0 Å². The standard InChI is InChI=1S/C12H17ClN2/c1-8-7-11(13)5-6-12(8)15-10(3)9(2)14-4/h5-7,9,14-15H,3H2,1-2,4H3. The van der Waals surface area contributed by atoms with Crippen molar-refractivity contribution in [2.24, 2.45) is 0 Å². The normalized spacial score (nSPS) is 12.3. The van der Waals surface area contributed by atoms with Gasteiger partial charge in [-0.3, -0.25) is 0 Å². The number of rotatable bonds is 4. The lowest BCUT2D eigenvalue weighted by molar-refractivity contribution is 0.697. The summed E-state index contributed by atoms with van der Waals surface area (Å²) < 4.78 is 0. The van der Waals surface area contributed by atoms with Crippen LogP contribution in [0.1, 0.15) is 12.5 Å². The second kappa shape index (κ2) is 5.19. The number of aryl methyl sites for hydroxylation is 1. The summed E-state index contributed by atoms with van der Waals surface area (Å²) in [7, 11) is 1.91. The molecule has 82 valence electrons. The molecular formula is C12H17ClN2. The Morgan fingerprint density at radius 3 is 2.67 bits per heavy atom. The predicted octanol–water partition coefficient (Wildman–Crippen LogP) is 3.18. The summed E-state index contributed by atoms with van der Waals surface area (Å²) in [6.07, 6.45) is 0. The summed E-state index contributed by atoms with van der Waals surface area (Å²) in [6.45, 7) is 8.05. The fourth-order valence-electron chi connectivity index (χ4n) is 1.22. The van der Waals surface area contributed by atoms with E-state index in [2.05, 4.69) is 24.1 Å². The maximum atomic E-state index is 5.88. The van der Waals surface area contributed by atoms with E-state index >= 15 is 0 Å². The molecule has 0 fully saturated rings. The van der Waals surface area contributed by atoms with E-state index in [0.29, 0.717) is 0 Å². The molecular weight excluding hydrogens is 208 g/mol. The highest BCUT2D eigenvalue weighted by atomic mass is 35.5. The van der Waals surface area contributed by atoms with Gasteiger partial charge >= 0.3 is 0 Å². The Balaban J connectivity index is 2.77. The van der Waals surface area contributed by atoms with Gasteiger partial charge in [-0.1, -0.05) is 18.2 Å².